The molecule has 1 aromatic heterocycles. The standard InChI is InChI=1S/C21H24N2O3/c1-3-6-14(7-4-2)21(25)26-16-9-10-19-17(13-16)18(20(24)23-19)12-15-8-5-11-22-15/h5,8-14,22H,3-4,6-7H2,1-2H3,(H,23,24)/b18-12-. The molecule has 0 unspecified atom stereocenters. The Balaban J connectivity index is 1.83. The third-order valence-electron chi connectivity index (χ3n) is 4.52. The van der Waals surface area contributed by atoms with Crippen molar-refractivity contribution in [1.29, 1.82) is 0 Å². The molecule has 5 heteroatoms. The minimum absolute atomic E-state index is 0.0769. The Morgan fingerprint density at radius 2 is 1.96 bits per heavy atom. The monoisotopic (exact) mass is 352 g/mol. The normalized spacial score (nSPS) is 14.6. The van der Waals surface area contributed by atoms with Crippen LogP contribution in [0.5, 0.6) is 5.75 Å². The van der Waals surface area contributed by atoms with Crippen molar-refractivity contribution in [2.24, 2.45) is 5.92 Å². The number of ether oxygens (including phenoxy) is 1. The number of aromatic amines is 1. The fraction of sp³-hybridized carbons (Fsp3) is 0.333. The molecule has 0 spiro atoms. The molecule has 0 radical (unpaired) electrons. The van der Waals surface area contributed by atoms with Crippen molar-refractivity contribution in [2.45, 2.75) is 39.5 Å². The lowest BCUT2D eigenvalue weighted by Crippen LogP contribution is -2.20. The van der Waals surface area contributed by atoms with Crippen LogP contribution < -0.4 is 10.1 Å². The lowest BCUT2D eigenvalue weighted by atomic mass is 9.98. The summed E-state index contributed by atoms with van der Waals surface area (Å²) in [5.74, 6) is 0.0422. The summed E-state index contributed by atoms with van der Waals surface area (Å²) in [6.45, 7) is 4.14. The van der Waals surface area contributed by atoms with Crippen molar-refractivity contribution in [3.63, 3.8) is 0 Å². The van der Waals surface area contributed by atoms with Gasteiger partial charge < -0.3 is 15.0 Å². The van der Waals surface area contributed by atoms with Crippen molar-refractivity contribution < 1.29 is 14.3 Å². The van der Waals surface area contributed by atoms with Crippen LogP contribution in [0.15, 0.2) is 36.5 Å². The highest BCUT2D eigenvalue weighted by Gasteiger charge is 2.26. The van der Waals surface area contributed by atoms with Crippen LogP contribution in [-0.2, 0) is 9.59 Å². The van der Waals surface area contributed by atoms with E-state index in [1.807, 2.05) is 12.1 Å². The quantitative estimate of drug-likeness (QED) is 0.433. The maximum atomic E-state index is 12.5. The number of esters is 1. The maximum Gasteiger partial charge on any atom is 0.314 e. The first kappa shape index (κ1) is 18.0. The van der Waals surface area contributed by atoms with Gasteiger partial charge in [-0.1, -0.05) is 26.7 Å². The van der Waals surface area contributed by atoms with Crippen molar-refractivity contribution in [1.82, 2.24) is 4.98 Å². The fourth-order valence-corrected chi connectivity index (χ4v) is 3.24. The van der Waals surface area contributed by atoms with Crippen molar-refractivity contribution in [2.75, 3.05) is 5.32 Å². The second-order valence-electron chi connectivity index (χ2n) is 6.54. The van der Waals surface area contributed by atoms with E-state index < -0.39 is 0 Å². The molecule has 1 aromatic carbocycles. The molecular formula is C21H24N2O3. The Morgan fingerprint density at radius 1 is 1.19 bits per heavy atom. The number of carbonyl (C=O) groups is 2. The van der Waals surface area contributed by atoms with Crippen LogP contribution in [0.3, 0.4) is 0 Å². The van der Waals surface area contributed by atoms with Crippen LogP contribution in [0.25, 0.3) is 11.6 Å². The van der Waals surface area contributed by atoms with E-state index in [4.69, 9.17) is 4.74 Å². The van der Waals surface area contributed by atoms with Gasteiger partial charge in [-0.25, -0.2) is 0 Å². The molecule has 0 atom stereocenters. The van der Waals surface area contributed by atoms with Gasteiger partial charge in [0.1, 0.15) is 5.75 Å². The number of amides is 1. The first-order valence-electron chi connectivity index (χ1n) is 9.15. The number of anilines is 1. The van der Waals surface area contributed by atoms with Gasteiger partial charge in [0.05, 0.1) is 11.5 Å². The molecule has 0 saturated carbocycles. The molecule has 2 heterocycles. The van der Waals surface area contributed by atoms with E-state index in [-0.39, 0.29) is 17.8 Å². The number of H-pyrrole nitrogens is 1. The zero-order chi connectivity index (χ0) is 18.5. The van der Waals surface area contributed by atoms with Gasteiger partial charge in [0, 0.05) is 23.1 Å². The number of hydrogen-bond donors (Lipinski definition) is 2. The van der Waals surface area contributed by atoms with Gasteiger partial charge in [0.15, 0.2) is 0 Å². The van der Waals surface area contributed by atoms with E-state index in [2.05, 4.69) is 24.1 Å². The molecule has 1 aliphatic heterocycles. The number of hydrogen-bond acceptors (Lipinski definition) is 3. The molecule has 2 aromatic rings. The highest BCUT2D eigenvalue weighted by atomic mass is 16.5. The molecule has 5 nitrogen and oxygen atoms in total. The molecule has 0 aliphatic carbocycles. The van der Waals surface area contributed by atoms with E-state index in [9.17, 15) is 9.59 Å². The first-order valence-corrected chi connectivity index (χ1v) is 9.15. The highest BCUT2D eigenvalue weighted by molar-refractivity contribution is 6.34. The van der Waals surface area contributed by atoms with Crippen LogP contribution in [0.2, 0.25) is 0 Å². The summed E-state index contributed by atoms with van der Waals surface area (Å²) in [6, 6.07) is 9.03. The summed E-state index contributed by atoms with van der Waals surface area (Å²) in [7, 11) is 0. The Bertz CT molecular complexity index is 816. The molecule has 0 fully saturated rings. The van der Waals surface area contributed by atoms with Crippen LogP contribution in [0.4, 0.5) is 5.69 Å². The topological polar surface area (TPSA) is 71.2 Å². The number of benzene rings is 1. The highest BCUT2D eigenvalue weighted by Crippen LogP contribution is 2.36. The summed E-state index contributed by atoms with van der Waals surface area (Å²) < 4.78 is 5.61. The molecule has 2 N–H and O–H groups in total. The Hall–Kier alpha value is -2.82. The first-order chi connectivity index (χ1) is 12.6. The molecule has 1 amide bonds. The molecule has 136 valence electrons. The maximum absolute atomic E-state index is 12.5. The van der Waals surface area contributed by atoms with Gasteiger partial charge in [-0.15, -0.1) is 0 Å². The third-order valence-corrected chi connectivity index (χ3v) is 4.52. The number of rotatable bonds is 7. The summed E-state index contributed by atoms with van der Waals surface area (Å²) in [5, 5.41) is 2.84. The summed E-state index contributed by atoms with van der Waals surface area (Å²) in [5.41, 5.74) is 2.87. The predicted molar refractivity (Wildman–Crippen MR) is 103 cm³/mol. The number of carbonyl (C=O) groups excluding carboxylic acids is 2. The molecule has 26 heavy (non-hydrogen) atoms. The summed E-state index contributed by atoms with van der Waals surface area (Å²) in [6.07, 6.45) is 7.16. The Morgan fingerprint density at radius 3 is 2.62 bits per heavy atom. The zero-order valence-corrected chi connectivity index (χ0v) is 15.2. The number of fused-ring (bicyclic) bond motifs is 1. The number of nitrogens with one attached hydrogen (secondary N) is 2. The van der Waals surface area contributed by atoms with Crippen LogP contribution in [-0.4, -0.2) is 16.9 Å². The number of aromatic nitrogens is 1. The lowest BCUT2D eigenvalue weighted by Gasteiger charge is -2.14. The summed E-state index contributed by atoms with van der Waals surface area (Å²) in [4.78, 5) is 27.8. The average molecular weight is 352 g/mol. The third kappa shape index (κ3) is 3.87. The van der Waals surface area contributed by atoms with E-state index in [1.165, 1.54) is 0 Å². The molecule has 0 saturated heterocycles. The van der Waals surface area contributed by atoms with E-state index in [1.54, 1.807) is 30.5 Å². The van der Waals surface area contributed by atoms with Gasteiger partial charge in [-0.2, -0.15) is 0 Å². The van der Waals surface area contributed by atoms with Gasteiger partial charge in [-0.05, 0) is 49.2 Å². The lowest BCUT2D eigenvalue weighted by molar-refractivity contribution is -0.139. The van der Waals surface area contributed by atoms with Gasteiger partial charge in [0.2, 0.25) is 0 Å². The Kier molecular flexibility index (Phi) is 5.56. The summed E-state index contributed by atoms with van der Waals surface area (Å²) >= 11 is 0. The van der Waals surface area contributed by atoms with Crippen molar-refractivity contribution in [3.05, 3.63) is 47.8 Å². The molecule has 1 aliphatic rings. The fourth-order valence-electron chi connectivity index (χ4n) is 3.24. The average Bonchev–Trinajstić information content (AvgIpc) is 3.24. The minimum Gasteiger partial charge on any atom is -0.426 e. The van der Waals surface area contributed by atoms with Crippen molar-refractivity contribution in [3.8, 4) is 5.75 Å². The van der Waals surface area contributed by atoms with Crippen LogP contribution in [0.1, 0.15) is 50.8 Å². The van der Waals surface area contributed by atoms with Gasteiger partial charge in [-0.3, -0.25) is 9.59 Å². The second-order valence-corrected chi connectivity index (χ2v) is 6.54. The van der Waals surface area contributed by atoms with Crippen LogP contribution in [0, 0.1) is 5.92 Å². The molecule has 0 bridgehead atoms. The zero-order valence-electron chi connectivity index (χ0n) is 15.2. The van der Waals surface area contributed by atoms with E-state index in [0.29, 0.717) is 11.3 Å². The minimum atomic E-state index is -0.194. The van der Waals surface area contributed by atoms with E-state index in [0.717, 1.165) is 42.6 Å². The largest absolute Gasteiger partial charge is 0.426 e. The van der Waals surface area contributed by atoms with E-state index >= 15 is 0 Å². The smallest absolute Gasteiger partial charge is 0.314 e. The molecule has 3 rings (SSSR count). The van der Waals surface area contributed by atoms with Crippen molar-refractivity contribution >= 4 is 29.2 Å². The molecular weight excluding hydrogens is 328 g/mol. The predicted octanol–water partition coefficient (Wildman–Crippen LogP) is 4.63. The Labute approximate surface area is 153 Å². The van der Waals surface area contributed by atoms with Crippen LogP contribution >= 0.6 is 0 Å². The van der Waals surface area contributed by atoms with Gasteiger partial charge >= 0.3 is 5.97 Å². The van der Waals surface area contributed by atoms with Gasteiger partial charge in [0.25, 0.3) is 5.91 Å². The SMILES string of the molecule is CCCC(CCC)C(=O)Oc1ccc2c(c1)/C(=C/c1ccc[nH]1)C(=O)N2. The second kappa shape index (κ2) is 8.04.